The Morgan fingerprint density at radius 1 is 1.29 bits per heavy atom. The molecular formula is C20H33IN4O3. The molecule has 1 atom stereocenters. The summed E-state index contributed by atoms with van der Waals surface area (Å²) >= 11 is 0. The van der Waals surface area contributed by atoms with E-state index >= 15 is 0 Å². The Morgan fingerprint density at radius 3 is 2.61 bits per heavy atom. The number of carbonyl (C=O) groups excluding carboxylic acids is 1. The van der Waals surface area contributed by atoms with E-state index in [4.69, 9.17) is 9.47 Å². The molecule has 1 saturated heterocycles. The number of methoxy groups -OCH3 is 1. The van der Waals surface area contributed by atoms with E-state index in [2.05, 4.69) is 15.2 Å². The topological polar surface area (TPSA) is 66.4 Å². The van der Waals surface area contributed by atoms with E-state index in [1.54, 1.807) is 26.1 Å². The maximum absolute atomic E-state index is 12.0. The number of hydrogen-bond acceptors (Lipinski definition) is 4. The molecule has 8 heteroatoms. The van der Waals surface area contributed by atoms with Gasteiger partial charge in [-0.2, -0.15) is 0 Å². The quantitative estimate of drug-likeness (QED) is 0.254. The smallest absolute Gasteiger partial charge is 0.253 e. The monoisotopic (exact) mass is 504 g/mol. The molecule has 1 N–H and O–H groups in total. The largest absolute Gasteiger partial charge is 0.382 e. The van der Waals surface area contributed by atoms with Crippen molar-refractivity contribution in [3.8, 4) is 0 Å². The highest BCUT2D eigenvalue weighted by Gasteiger charge is 2.24. The number of carbonyl (C=O) groups is 1. The van der Waals surface area contributed by atoms with Crippen LogP contribution >= 0.6 is 24.0 Å². The van der Waals surface area contributed by atoms with Gasteiger partial charge < -0.3 is 24.6 Å². The van der Waals surface area contributed by atoms with Crippen molar-refractivity contribution in [3.05, 3.63) is 35.4 Å². The van der Waals surface area contributed by atoms with Crippen LogP contribution in [0.1, 0.15) is 22.3 Å². The summed E-state index contributed by atoms with van der Waals surface area (Å²) in [5.74, 6) is 1.45. The van der Waals surface area contributed by atoms with Crippen molar-refractivity contribution < 1.29 is 14.3 Å². The van der Waals surface area contributed by atoms with Gasteiger partial charge in [-0.25, -0.2) is 0 Å². The van der Waals surface area contributed by atoms with Gasteiger partial charge in [0.1, 0.15) is 0 Å². The number of hydrogen-bond donors (Lipinski definition) is 1. The number of aliphatic imine (C=N–C) groups is 1. The predicted octanol–water partition coefficient (Wildman–Crippen LogP) is 2.07. The third-order valence-electron chi connectivity index (χ3n) is 4.64. The fourth-order valence-corrected chi connectivity index (χ4v) is 3.09. The second-order valence-corrected chi connectivity index (χ2v) is 6.97. The number of nitrogens with one attached hydrogen (secondary N) is 1. The summed E-state index contributed by atoms with van der Waals surface area (Å²) in [6.45, 7) is 4.65. The lowest BCUT2D eigenvalue weighted by Gasteiger charge is -2.22. The van der Waals surface area contributed by atoms with E-state index in [0.29, 0.717) is 31.2 Å². The van der Waals surface area contributed by atoms with Crippen LogP contribution in [0.15, 0.2) is 29.3 Å². The lowest BCUT2D eigenvalue weighted by Crippen LogP contribution is -2.39. The number of amides is 1. The van der Waals surface area contributed by atoms with Gasteiger partial charge in [0.05, 0.1) is 19.8 Å². The Morgan fingerprint density at radius 2 is 2.00 bits per heavy atom. The molecular weight excluding hydrogens is 471 g/mol. The molecule has 0 radical (unpaired) electrons. The Bertz CT molecular complexity index is 622. The maximum atomic E-state index is 12.0. The van der Waals surface area contributed by atoms with Crippen LogP contribution in [0.5, 0.6) is 0 Å². The van der Waals surface area contributed by atoms with Gasteiger partial charge in [0.25, 0.3) is 5.91 Å². The molecule has 1 aromatic rings. The number of rotatable bonds is 8. The summed E-state index contributed by atoms with van der Waals surface area (Å²) in [4.78, 5) is 20.2. The fraction of sp³-hybridized carbons (Fsp3) is 0.600. The molecule has 7 nitrogen and oxygen atoms in total. The highest BCUT2D eigenvalue weighted by atomic mass is 127. The van der Waals surface area contributed by atoms with E-state index < -0.39 is 0 Å². The van der Waals surface area contributed by atoms with Gasteiger partial charge in [0.2, 0.25) is 0 Å². The first-order chi connectivity index (χ1) is 13.0. The van der Waals surface area contributed by atoms with Crippen molar-refractivity contribution in [2.24, 2.45) is 10.9 Å². The molecule has 1 aliphatic rings. The van der Waals surface area contributed by atoms with Crippen LogP contribution in [0.4, 0.5) is 0 Å². The summed E-state index contributed by atoms with van der Waals surface area (Å²) in [6, 6.07) is 7.69. The molecule has 1 unspecified atom stereocenters. The second kappa shape index (κ2) is 12.9. The number of benzene rings is 1. The molecule has 0 saturated carbocycles. The number of halogens is 1. The number of ether oxygens (including phenoxy) is 2. The van der Waals surface area contributed by atoms with Crippen molar-refractivity contribution in [3.63, 3.8) is 0 Å². The number of guanidine groups is 1. The predicted molar refractivity (Wildman–Crippen MR) is 122 cm³/mol. The van der Waals surface area contributed by atoms with E-state index in [-0.39, 0.29) is 29.9 Å². The zero-order chi connectivity index (χ0) is 19.6. The second-order valence-electron chi connectivity index (χ2n) is 6.97. The Kier molecular flexibility index (Phi) is 11.4. The molecule has 2 rings (SSSR count). The lowest BCUT2D eigenvalue weighted by atomic mass is 10.1. The summed E-state index contributed by atoms with van der Waals surface area (Å²) in [5, 5.41) is 3.42. The zero-order valence-electron chi connectivity index (χ0n) is 17.3. The molecule has 1 amide bonds. The Hall–Kier alpha value is -1.39. The normalized spacial score (nSPS) is 16.6. The van der Waals surface area contributed by atoms with Crippen molar-refractivity contribution in [1.82, 2.24) is 15.1 Å². The molecule has 1 fully saturated rings. The van der Waals surface area contributed by atoms with Gasteiger partial charge in [0.15, 0.2) is 5.96 Å². The van der Waals surface area contributed by atoms with Crippen LogP contribution in [-0.4, -0.2) is 82.8 Å². The molecule has 1 heterocycles. The van der Waals surface area contributed by atoms with E-state index in [1.165, 1.54) is 0 Å². The summed E-state index contributed by atoms with van der Waals surface area (Å²) in [7, 11) is 7.01. The SMILES string of the molecule is CN=C(NCc1ccc(C(=O)N(C)C)cc1)N1CCC(COCCOC)C1.I. The van der Waals surface area contributed by atoms with E-state index in [1.807, 2.05) is 31.3 Å². The van der Waals surface area contributed by atoms with Crippen molar-refractivity contribution in [2.75, 3.05) is 61.2 Å². The highest BCUT2D eigenvalue weighted by molar-refractivity contribution is 14.0. The molecule has 0 spiro atoms. The standard InChI is InChI=1S/C20H32N4O3.HI/c1-21-20(24-10-9-17(14-24)15-27-12-11-26-4)22-13-16-5-7-18(8-6-16)19(25)23(2)3;/h5-8,17H,9-15H2,1-4H3,(H,21,22);1H. The Balaban J connectivity index is 0.00000392. The third-order valence-corrected chi connectivity index (χ3v) is 4.64. The van der Waals surface area contributed by atoms with Crippen LogP contribution < -0.4 is 5.32 Å². The van der Waals surface area contributed by atoms with E-state index in [9.17, 15) is 4.79 Å². The molecule has 0 bridgehead atoms. The average molecular weight is 504 g/mol. The van der Waals surface area contributed by atoms with Gasteiger partial charge in [-0.1, -0.05) is 12.1 Å². The van der Waals surface area contributed by atoms with Gasteiger partial charge in [-0.05, 0) is 24.1 Å². The zero-order valence-corrected chi connectivity index (χ0v) is 19.6. The molecule has 28 heavy (non-hydrogen) atoms. The lowest BCUT2D eigenvalue weighted by molar-refractivity contribution is 0.0536. The van der Waals surface area contributed by atoms with Crippen LogP contribution in [-0.2, 0) is 16.0 Å². The van der Waals surface area contributed by atoms with Gasteiger partial charge in [-0.15, -0.1) is 24.0 Å². The maximum Gasteiger partial charge on any atom is 0.253 e. The van der Waals surface area contributed by atoms with Gasteiger partial charge in [-0.3, -0.25) is 9.79 Å². The minimum absolute atomic E-state index is 0. The van der Waals surface area contributed by atoms with E-state index in [0.717, 1.165) is 37.6 Å². The molecule has 0 aromatic heterocycles. The highest BCUT2D eigenvalue weighted by Crippen LogP contribution is 2.17. The molecule has 158 valence electrons. The van der Waals surface area contributed by atoms with Gasteiger partial charge >= 0.3 is 0 Å². The first kappa shape index (κ1) is 24.6. The summed E-state index contributed by atoms with van der Waals surface area (Å²) in [6.07, 6.45) is 1.11. The number of likely N-dealkylation sites (tertiary alicyclic amines) is 1. The fourth-order valence-electron chi connectivity index (χ4n) is 3.09. The van der Waals surface area contributed by atoms with Crippen LogP contribution in [0.3, 0.4) is 0 Å². The first-order valence-corrected chi connectivity index (χ1v) is 9.38. The summed E-state index contributed by atoms with van der Waals surface area (Å²) < 4.78 is 10.7. The minimum Gasteiger partial charge on any atom is -0.382 e. The third kappa shape index (κ3) is 7.56. The van der Waals surface area contributed by atoms with Crippen molar-refractivity contribution in [1.29, 1.82) is 0 Å². The first-order valence-electron chi connectivity index (χ1n) is 9.38. The van der Waals surface area contributed by atoms with Gasteiger partial charge in [0, 0.05) is 59.4 Å². The molecule has 1 aromatic carbocycles. The molecule has 0 aliphatic carbocycles. The van der Waals surface area contributed by atoms with Crippen LogP contribution in [0, 0.1) is 5.92 Å². The average Bonchev–Trinajstić information content (AvgIpc) is 3.14. The van der Waals surface area contributed by atoms with Crippen LogP contribution in [0.25, 0.3) is 0 Å². The van der Waals surface area contributed by atoms with Crippen molar-refractivity contribution in [2.45, 2.75) is 13.0 Å². The van der Waals surface area contributed by atoms with Crippen LogP contribution in [0.2, 0.25) is 0 Å². The summed E-state index contributed by atoms with van der Waals surface area (Å²) in [5.41, 5.74) is 1.81. The number of nitrogens with zero attached hydrogens (tertiary/aromatic N) is 3. The Labute approximate surface area is 185 Å². The van der Waals surface area contributed by atoms with Crippen molar-refractivity contribution >= 4 is 35.8 Å². The minimum atomic E-state index is 0. The molecule has 1 aliphatic heterocycles.